The maximum Gasteiger partial charge on any atom is 0.224 e. The van der Waals surface area contributed by atoms with Gasteiger partial charge in [0.1, 0.15) is 5.75 Å². The SMILES string of the molecule is NCCNC(=O)Cc1ccc(N)c(O)c1. The number of hydrogen-bond acceptors (Lipinski definition) is 4. The van der Waals surface area contributed by atoms with Gasteiger partial charge in [-0.15, -0.1) is 0 Å². The monoisotopic (exact) mass is 209 g/mol. The molecule has 1 rings (SSSR count). The number of nitrogens with one attached hydrogen (secondary N) is 1. The van der Waals surface area contributed by atoms with Gasteiger partial charge in [0, 0.05) is 13.1 Å². The minimum absolute atomic E-state index is 0.000810. The van der Waals surface area contributed by atoms with Crippen LogP contribution in [0.1, 0.15) is 5.56 Å². The van der Waals surface area contributed by atoms with Crippen LogP contribution in [0.2, 0.25) is 0 Å². The smallest absolute Gasteiger partial charge is 0.224 e. The van der Waals surface area contributed by atoms with Crippen LogP contribution in [0.4, 0.5) is 5.69 Å². The summed E-state index contributed by atoms with van der Waals surface area (Å²) < 4.78 is 0. The summed E-state index contributed by atoms with van der Waals surface area (Å²) in [4.78, 5) is 11.3. The first kappa shape index (κ1) is 11.3. The number of nitrogens with two attached hydrogens (primary N) is 2. The van der Waals surface area contributed by atoms with Crippen LogP contribution in [0, 0.1) is 0 Å². The van der Waals surface area contributed by atoms with Crippen molar-refractivity contribution in [2.75, 3.05) is 18.8 Å². The van der Waals surface area contributed by atoms with Crippen molar-refractivity contribution in [2.24, 2.45) is 5.73 Å². The molecule has 0 aliphatic carbocycles. The number of rotatable bonds is 4. The molecule has 0 bridgehead atoms. The number of amides is 1. The van der Waals surface area contributed by atoms with Crippen molar-refractivity contribution in [3.05, 3.63) is 23.8 Å². The van der Waals surface area contributed by atoms with E-state index >= 15 is 0 Å². The number of carbonyl (C=O) groups is 1. The van der Waals surface area contributed by atoms with Gasteiger partial charge < -0.3 is 21.9 Å². The largest absolute Gasteiger partial charge is 0.506 e. The van der Waals surface area contributed by atoms with Crippen LogP contribution < -0.4 is 16.8 Å². The van der Waals surface area contributed by atoms with E-state index in [1.165, 1.54) is 6.07 Å². The fourth-order valence-corrected chi connectivity index (χ4v) is 1.16. The van der Waals surface area contributed by atoms with Gasteiger partial charge in [-0.05, 0) is 17.7 Å². The third-order valence-electron chi connectivity index (χ3n) is 1.93. The molecule has 1 aromatic rings. The normalized spacial score (nSPS) is 9.93. The molecule has 0 aromatic heterocycles. The first-order valence-electron chi connectivity index (χ1n) is 4.67. The van der Waals surface area contributed by atoms with Gasteiger partial charge in [-0.2, -0.15) is 0 Å². The number of nitrogen functional groups attached to an aromatic ring is 1. The average molecular weight is 209 g/mol. The van der Waals surface area contributed by atoms with Crippen LogP contribution in [0.3, 0.4) is 0 Å². The molecule has 0 aliphatic rings. The Kier molecular flexibility index (Phi) is 3.93. The van der Waals surface area contributed by atoms with Crippen LogP contribution in [0.15, 0.2) is 18.2 Å². The quantitative estimate of drug-likeness (QED) is 0.400. The van der Waals surface area contributed by atoms with Crippen molar-refractivity contribution in [3.63, 3.8) is 0 Å². The Balaban J connectivity index is 2.57. The molecule has 0 unspecified atom stereocenters. The summed E-state index contributed by atoms with van der Waals surface area (Å²) in [6.45, 7) is 0.874. The molecule has 5 heteroatoms. The lowest BCUT2D eigenvalue weighted by atomic mass is 10.1. The molecular formula is C10H15N3O2. The van der Waals surface area contributed by atoms with Crippen LogP contribution >= 0.6 is 0 Å². The van der Waals surface area contributed by atoms with E-state index < -0.39 is 0 Å². The Morgan fingerprint density at radius 3 is 2.80 bits per heavy atom. The number of phenols is 1. The van der Waals surface area contributed by atoms with E-state index in [9.17, 15) is 9.90 Å². The maximum absolute atomic E-state index is 11.3. The molecule has 5 nitrogen and oxygen atoms in total. The van der Waals surface area contributed by atoms with E-state index in [2.05, 4.69) is 5.32 Å². The summed E-state index contributed by atoms with van der Waals surface area (Å²) in [6, 6.07) is 4.76. The second kappa shape index (κ2) is 5.21. The van der Waals surface area contributed by atoms with Crippen molar-refractivity contribution in [3.8, 4) is 5.75 Å². The van der Waals surface area contributed by atoms with Crippen LogP contribution in [0.5, 0.6) is 5.75 Å². The van der Waals surface area contributed by atoms with E-state index in [1.54, 1.807) is 12.1 Å². The number of anilines is 1. The zero-order chi connectivity index (χ0) is 11.3. The van der Waals surface area contributed by atoms with Crippen molar-refractivity contribution in [2.45, 2.75) is 6.42 Å². The molecule has 0 saturated heterocycles. The number of carbonyl (C=O) groups excluding carboxylic acids is 1. The van der Waals surface area contributed by atoms with Crippen LogP contribution in [0.25, 0.3) is 0 Å². The van der Waals surface area contributed by atoms with Gasteiger partial charge in [-0.3, -0.25) is 4.79 Å². The van der Waals surface area contributed by atoms with Crippen LogP contribution in [-0.2, 0) is 11.2 Å². The van der Waals surface area contributed by atoms with Crippen molar-refractivity contribution < 1.29 is 9.90 Å². The lowest BCUT2D eigenvalue weighted by Crippen LogP contribution is -2.30. The molecule has 15 heavy (non-hydrogen) atoms. The standard InChI is InChI=1S/C10H15N3O2/c11-3-4-13-10(15)6-7-1-2-8(12)9(14)5-7/h1-2,5,14H,3-4,6,11-12H2,(H,13,15). The number of phenolic OH excluding ortho intramolecular Hbond substituents is 1. The Morgan fingerprint density at radius 1 is 1.47 bits per heavy atom. The molecule has 0 saturated carbocycles. The fourth-order valence-electron chi connectivity index (χ4n) is 1.16. The van der Waals surface area contributed by atoms with Crippen molar-refractivity contribution >= 4 is 11.6 Å². The second-order valence-corrected chi connectivity index (χ2v) is 3.21. The van der Waals surface area contributed by atoms with E-state index in [4.69, 9.17) is 11.5 Å². The van der Waals surface area contributed by atoms with E-state index in [-0.39, 0.29) is 18.1 Å². The minimum atomic E-state index is -0.121. The van der Waals surface area contributed by atoms with Gasteiger partial charge in [0.15, 0.2) is 0 Å². The highest BCUT2D eigenvalue weighted by Crippen LogP contribution is 2.20. The predicted octanol–water partition coefficient (Wildman–Crippen LogP) is -0.408. The first-order chi connectivity index (χ1) is 7.13. The van der Waals surface area contributed by atoms with Crippen molar-refractivity contribution in [1.29, 1.82) is 0 Å². The summed E-state index contributed by atoms with van der Waals surface area (Å²) in [6.07, 6.45) is 0.216. The number of benzene rings is 1. The lowest BCUT2D eigenvalue weighted by Gasteiger charge is -2.05. The Labute approximate surface area is 88.1 Å². The molecule has 0 spiro atoms. The number of hydrogen-bond donors (Lipinski definition) is 4. The molecule has 6 N–H and O–H groups in total. The summed E-state index contributed by atoms with van der Waals surface area (Å²) in [5.41, 5.74) is 11.7. The van der Waals surface area contributed by atoms with Crippen molar-refractivity contribution in [1.82, 2.24) is 5.32 Å². The second-order valence-electron chi connectivity index (χ2n) is 3.21. The fraction of sp³-hybridized carbons (Fsp3) is 0.300. The molecular weight excluding hydrogens is 194 g/mol. The Bertz CT molecular complexity index is 353. The third kappa shape index (κ3) is 3.47. The van der Waals surface area contributed by atoms with E-state index in [0.717, 1.165) is 5.56 Å². The van der Waals surface area contributed by atoms with Gasteiger partial charge in [-0.25, -0.2) is 0 Å². The molecule has 0 radical (unpaired) electrons. The topological polar surface area (TPSA) is 101 Å². The maximum atomic E-state index is 11.3. The van der Waals surface area contributed by atoms with Gasteiger partial charge in [-0.1, -0.05) is 6.07 Å². The summed E-state index contributed by atoms with van der Waals surface area (Å²) in [7, 11) is 0. The predicted molar refractivity (Wildman–Crippen MR) is 58.3 cm³/mol. The average Bonchev–Trinajstić information content (AvgIpc) is 2.20. The molecule has 0 aliphatic heterocycles. The van der Waals surface area contributed by atoms with Gasteiger partial charge >= 0.3 is 0 Å². The zero-order valence-corrected chi connectivity index (χ0v) is 8.36. The summed E-state index contributed by atoms with van der Waals surface area (Å²) in [5, 5.41) is 12.0. The highest BCUT2D eigenvalue weighted by atomic mass is 16.3. The third-order valence-corrected chi connectivity index (χ3v) is 1.93. The van der Waals surface area contributed by atoms with Crippen LogP contribution in [-0.4, -0.2) is 24.1 Å². The van der Waals surface area contributed by atoms with Gasteiger partial charge in [0.25, 0.3) is 0 Å². The molecule has 1 aromatic carbocycles. The number of aromatic hydroxyl groups is 1. The van der Waals surface area contributed by atoms with Gasteiger partial charge in [0.05, 0.1) is 12.1 Å². The highest BCUT2D eigenvalue weighted by molar-refractivity contribution is 5.78. The molecule has 82 valence electrons. The summed E-state index contributed by atoms with van der Waals surface area (Å²) in [5.74, 6) is -0.122. The molecule has 1 amide bonds. The lowest BCUT2D eigenvalue weighted by molar-refractivity contribution is -0.120. The molecule has 0 heterocycles. The Hall–Kier alpha value is -1.75. The van der Waals surface area contributed by atoms with E-state index in [0.29, 0.717) is 18.8 Å². The Morgan fingerprint density at radius 2 is 2.20 bits per heavy atom. The minimum Gasteiger partial charge on any atom is -0.506 e. The molecule has 0 atom stereocenters. The molecule has 0 fully saturated rings. The van der Waals surface area contributed by atoms with E-state index in [1.807, 2.05) is 0 Å². The van der Waals surface area contributed by atoms with Gasteiger partial charge in [0.2, 0.25) is 5.91 Å². The zero-order valence-electron chi connectivity index (χ0n) is 8.36. The summed E-state index contributed by atoms with van der Waals surface area (Å²) >= 11 is 0. The highest BCUT2D eigenvalue weighted by Gasteiger charge is 2.04. The first-order valence-corrected chi connectivity index (χ1v) is 4.67.